The lowest BCUT2D eigenvalue weighted by molar-refractivity contribution is -0.142. The van der Waals surface area contributed by atoms with Crippen molar-refractivity contribution in [2.45, 2.75) is 63.7 Å². The molecule has 1 spiro atoms. The molecule has 0 aromatic rings. The Kier molecular flexibility index (Phi) is 3.95. The van der Waals surface area contributed by atoms with E-state index in [9.17, 15) is 14.7 Å². The summed E-state index contributed by atoms with van der Waals surface area (Å²) in [6.45, 7) is 6.24. The highest BCUT2D eigenvalue weighted by Crippen LogP contribution is 2.38. The van der Waals surface area contributed by atoms with E-state index in [4.69, 9.17) is 9.47 Å². The Morgan fingerprint density at radius 1 is 1.35 bits per heavy atom. The van der Waals surface area contributed by atoms with E-state index in [1.807, 2.05) is 0 Å². The molecule has 0 saturated carbocycles. The molecule has 2 aliphatic rings. The van der Waals surface area contributed by atoms with Crippen molar-refractivity contribution in [1.29, 1.82) is 0 Å². The Labute approximate surface area is 119 Å². The van der Waals surface area contributed by atoms with Gasteiger partial charge in [-0.25, -0.2) is 9.59 Å². The fourth-order valence-corrected chi connectivity index (χ4v) is 2.88. The lowest BCUT2D eigenvalue weighted by atomic mass is 9.91. The maximum absolute atomic E-state index is 12.2. The van der Waals surface area contributed by atoms with Gasteiger partial charge in [-0.15, -0.1) is 0 Å². The first kappa shape index (κ1) is 15.1. The standard InChI is InChI=1S/C14H23NO5/c1-13(2,3)20-12(18)15-9-14(6-4-5-7-19-14)8-10(15)11(16)17/h10H,4-9H2,1-3H3,(H,16,17). The number of rotatable bonds is 1. The molecular weight excluding hydrogens is 262 g/mol. The molecule has 1 N–H and O–H groups in total. The third-order valence-corrected chi connectivity index (χ3v) is 3.75. The van der Waals surface area contributed by atoms with E-state index in [-0.39, 0.29) is 0 Å². The van der Waals surface area contributed by atoms with Gasteiger partial charge in [0, 0.05) is 13.0 Å². The number of carbonyl (C=O) groups excluding carboxylic acids is 1. The predicted octanol–water partition coefficient (Wildman–Crippen LogP) is 2.02. The summed E-state index contributed by atoms with van der Waals surface area (Å²) in [5.74, 6) is -0.998. The van der Waals surface area contributed by atoms with E-state index in [1.165, 1.54) is 4.90 Å². The van der Waals surface area contributed by atoms with E-state index in [0.717, 1.165) is 19.3 Å². The predicted molar refractivity (Wildman–Crippen MR) is 71.5 cm³/mol. The Bertz CT molecular complexity index is 395. The van der Waals surface area contributed by atoms with Crippen molar-refractivity contribution in [3.63, 3.8) is 0 Å². The van der Waals surface area contributed by atoms with Crippen LogP contribution >= 0.6 is 0 Å². The lowest BCUT2D eigenvalue weighted by Gasteiger charge is -2.33. The van der Waals surface area contributed by atoms with Crippen molar-refractivity contribution in [3.8, 4) is 0 Å². The van der Waals surface area contributed by atoms with Crippen LogP contribution in [0.5, 0.6) is 0 Å². The fraction of sp³-hybridized carbons (Fsp3) is 0.857. The van der Waals surface area contributed by atoms with E-state index < -0.39 is 29.3 Å². The van der Waals surface area contributed by atoms with E-state index in [0.29, 0.717) is 19.6 Å². The van der Waals surface area contributed by atoms with Gasteiger partial charge in [-0.2, -0.15) is 0 Å². The number of nitrogens with zero attached hydrogens (tertiary/aromatic N) is 1. The minimum absolute atomic E-state index is 0.304. The average molecular weight is 285 g/mol. The molecule has 20 heavy (non-hydrogen) atoms. The maximum atomic E-state index is 12.2. The van der Waals surface area contributed by atoms with Gasteiger partial charge >= 0.3 is 12.1 Å². The van der Waals surface area contributed by atoms with Gasteiger partial charge < -0.3 is 14.6 Å². The van der Waals surface area contributed by atoms with E-state index in [2.05, 4.69) is 0 Å². The zero-order chi connectivity index (χ0) is 15.0. The molecule has 2 rings (SSSR count). The SMILES string of the molecule is CC(C)(C)OC(=O)N1CC2(CCCCO2)CC1C(=O)O. The quantitative estimate of drug-likeness (QED) is 0.797. The maximum Gasteiger partial charge on any atom is 0.411 e. The molecule has 2 heterocycles. The van der Waals surface area contributed by atoms with Gasteiger partial charge in [0.15, 0.2) is 0 Å². The Hall–Kier alpha value is -1.30. The molecule has 0 radical (unpaired) electrons. The minimum Gasteiger partial charge on any atom is -0.480 e. The lowest BCUT2D eigenvalue weighted by Crippen LogP contribution is -2.44. The topological polar surface area (TPSA) is 76.1 Å². The summed E-state index contributed by atoms with van der Waals surface area (Å²) in [5.41, 5.74) is -1.14. The molecule has 6 nitrogen and oxygen atoms in total. The molecule has 2 aliphatic heterocycles. The molecule has 6 heteroatoms. The third kappa shape index (κ3) is 3.23. The Balaban J connectivity index is 2.13. The van der Waals surface area contributed by atoms with Gasteiger partial charge in [-0.3, -0.25) is 4.90 Å². The number of amides is 1. The van der Waals surface area contributed by atoms with Gasteiger partial charge in [-0.1, -0.05) is 0 Å². The summed E-state index contributed by atoms with van der Waals surface area (Å²) < 4.78 is 11.1. The van der Waals surface area contributed by atoms with Crippen LogP contribution < -0.4 is 0 Å². The van der Waals surface area contributed by atoms with Crippen molar-refractivity contribution in [2.75, 3.05) is 13.2 Å². The Morgan fingerprint density at radius 3 is 2.55 bits per heavy atom. The average Bonchev–Trinajstić information content (AvgIpc) is 2.68. The van der Waals surface area contributed by atoms with Gasteiger partial charge in [0.25, 0.3) is 0 Å². The van der Waals surface area contributed by atoms with Crippen LogP contribution in [0.4, 0.5) is 4.79 Å². The third-order valence-electron chi connectivity index (χ3n) is 3.75. The van der Waals surface area contributed by atoms with Crippen LogP contribution in [-0.4, -0.2) is 52.5 Å². The summed E-state index contributed by atoms with van der Waals surface area (Å²) in [6.07, 6.45) is 2.58. The molecule has 114 valence electrons. The number of carboxylic acid groups (broad SMARTS) is 1. The van der Waals surface area contributed by atoms with Crippen LogP contribution in [0, 0.1) is 0 Å². The molecule has 0 aromatic heterocycles. The number of ether oxygens (including phenoxy) is 2. The first-order valence-electron chi connectivity index (χ1n) is 7.09. The first-order chi connectivity index (χ1) is 9.22. The van der Waals surface area contributed by atoms with Gasteiger partial charge in [0.05, 0.1) is 12.1 Å². The summed E-state index contributed by atoms with van der Waals surface area (Å²) >= 11 is 0. The number of likely N-dealkylation sites (tertiary alicyclic amines) is 1. The summed E-state index contributed by atoms with van der Waals surface area (Å²) in [7, 11) is 0. The van der Waals surface area contributed by atoms with Crippen molar-refractivity contribution < 1.29 is 24.2 Å². The molecule has 0 aromatic carbocycles. The number of carbonyl (C=O) groups is 2. The van der Waals surface area contributed by atoms with Crippen molar-refractivity contribution in [1.82, 2.24) is 4.90 Å². The Morgan fingerprint density at radius 2 is 2.05 bits per heavy atom. The molecule has 2 atom stereocenters. The van der Waals surface area contributed by atoms with Crippen LogP contribution in [0.25, 0.3) is 0 Å². The van der Waals surface area contributed by atoms with Gasteiger partial charge in [-0.05, 0) is 40.0 Å². The van der Waals surface area contributed by atoms with E-state index in [1.54, 1.807) is 20.8 Å². The molecule has 0 aliphatic carbocycles. The second kappa shape index (κ2) is 5.24. The molecule has 1 amide bonds. The van der Waals surface area contributed by atoms with Crippen molar-refractivity contribution in [3.05, 3.63) is 0 Å². The molecule has 2 fully saturated rings. The zero-order valence-electron chi connectivity index (χ0n) is 12.3. The van der Waals surface area contributed by atoms with Crippen molar-refractivity contribution in [2.24, 2.45) is 0 Å². The smallest absolute Gasteiger partial charge is 0.411 e. The normalized spacial score (nSPS) is 30.6. The number of hydrogen-bond donors (Lipinski definition) is 1. The van der Waals surface area contributed by atoms with Gasteiger partial charge in [0.2, 0.25) is 0 Å². The number of carboxylic acids is 1. The molecule has 0 bridgehead atoms. The van der Waals surface area contributed by atoms with Crippen molar-refractivity contribution >= 4 is 12.1 Å². The second-order valence-corrected chi connectivity index (χ2v) is 6.65. The van der Waals surface area contributed by atoms with Crippen LogP contribution in [-0.2, 0) is 14.3 Å². The highest BCUT2D eigenvalue weighted by Gasteiger charge is 2.51. The van der Waals surface area contributed by atoms with Crippen LogP contribution in [0.2, 0.25) is 0 Å². The zero-order valence-corrected chi connectivity index (χ0v) is 12.3. The molecular formula is C14H23NO5. The highest BCUT2D eigenvalue weighted by molar-refractivity contribution is 5.81. The fourth-order valence-electron chi connectivity index (χ4n) is 2.88. The number of hydrogen-bond acceptors (Lipinski definition) is 4. The second-order valence-electron chi connectivity index (χ2n) is 6.65. The minimum atomic E-state index is -0.998. The monoisotopic (exact) mass is 285 g/mol. The van der Waals surface area contributed by atoms with Crippen LogP contribution in [0.15, 0.2) is 0 Å². The van der Waals surface area contributed by atoms with Gasteiger partial charge in [0.1, 0.15) is 11.6 Å². The van der Waals surface area contributed by atoms with E-state index >= 15 is 0 Å². The highest BCUT2D eigenvalue weighted by atomic mass is 16.6. The molecule has 2 unspecified atom stereocenters. The molecule has 2 saturated heterocycles. The summed E-state index contributed by atoms with van der Waals surface area (Å²) in [4.78, 5) is 24.9. The van der Waals surface area contributed by atoms with Crippen LogP contribution in [0.3, 0.4) is 0 Å². The summed E-state index contributed by atoms with van der Waals surface area (Å²) in [6, 6.07) is -0.858. The largest absolute Gasteiger partial charge is 0.480 e. The van der Waals surface area contributed by atoms with Crippen LogP contribution in [0.1, 0.15) is 46.5 Å². The summed E-state index contributed by atoms with van der Waals surface area (Å²) in [5, 5.41) is 9.34. The number of aliphatic carboxylic acids is 1. The first-order valence-corrected chi connectivity index (χ1v) is 7.09.